The first kappa shape index (κ1) is 21.0. The van der Waals surface area contributed by atoms with Crippen molar-refractivity contribution in [3.63, 3.8) is 0 Å². The van der Waals surface area contributed by atoms with Crippen molar-refractivity contribution in [2.24, 2.45) is 5.73 Å². The molecule has 5 N–H and O–H groups in total. The molecular weight excluding hydrogens is 364 g/mol. The second-order valence-electron chi connectivity index (χ2n) is 5.43. The first-order chi connectivity index (χ1) is 13.7. The quantitative estimate of drug-likeness (QED) is 0.351. The molecule has 0 radical (unpaired) electrons. The van der Waals surface area contributed by atoms with Gasteiger partial charge in [0.05, 0.1) is 0 Å². The first-order valence-corrected chi connectivity index (χ1v) is 9.37. The van der Waals surface area contributed by atoms with Crippen LogP contribution in [0.25, 0.3) is 6.08 Å². The van der Waals surface area contributed by atoms with Gasteiger partial charge in [-0.05, 0) is 60.9 Å². The first-order valence-electron chi connectivity index (χ1n) is 8.56. The topological polar surface area (TPSA) is 88.8 Å². The largest absolute Gasteiger partial charge is 0.398 e. The summed E-state index contributed by atoms with van der Waals surface area (Å²) in [6.45, 7) is 3.85. The van der Waals surface area contributed by atoms with E-state index in [0.717, 1.165) is 15.4 Å². The number of nitrogen functional groups attached to an aromatic ring is 1. The van der Waals surface area contributed by atoms with Gasteiger partial charge >= 0.3 is 0 Å². The number of nitrogens with two attached hydrogens (primary N) is 2. The maximum Gasteiger partial charge on any atom is 0.114 e. The lowest BCUT2D eigenvalue weighted by molar-refractivity contribution is 1.29. The van der Waals surface area contributed by atoms with Gasteiger partial charge in [0, 0.05) is 27.2 Å². The van der Waals surface area contributed by atoms with Gasteiger partial charge in [-0.3, -0.25) is 5.41 Å². The highest BCUT2D eigenvalue weighted by Gasteiger charge is 2.07. The highest BCUT2D eigenvalue weighted by molar-refractivity contribution is 7.99. The van der Waals surface area contributed by atoms with Crippen molar-refractivity contribution < 1.29 is 0 Å². The number of aromatic nitrogens is 1. The van der Waals surface area contributed by atoms with Crippen LogP contribution in [0.1, 0.15) is 16.8 Å². The van der Waals surface area contributed by atoms with Gasteiger partial charge in [-0.25, -0.2) is 4.98 Å². The number of anilines is 1. The smallest absolute Gasteiger partial charge is 0.114 e. The number of rotatable bonds is 4. The minimum Gasteiger partial charge on any atom is -0.398 e. The Balaban J connectivity index is 0.00000136. The van der Waals surface area contributed by atoms with Crippen LogP contribution in [0.3, 0.4) is 0 Å². The Bertz CT molecular complexity index is 1020. The Kier molecular flexibility index (Phi) is 8.04. The summed E-state index contributed by atoms with van der Waals surface area (Å²) in [7, 11) is 1.50. The number of hydrogen-bond donors (Lipinski definition) is 3. The Morgan fingerprint density at radius 1 is 1.11 bits per heavy atom. The van der Waals surface area contributed by atoms with E-state index >= 15 is 0 Å². The summed E-state index contributed by atoms with van der Waals surface area (Å²) < 4.78 is 0. The monoisotopic (exact) mass is 386 g/mol. The van der Waals surface area contributed by atoms with E-state index in [1.165, 1.54) is 7.05 Å². The Morgan fingerprint density at radius 2 is 1.86 bits per heavy atom. The second kappa shape index (κ2) is 10.7. The molecule has 0 aliphatic heterocycles. The van der Waals surface area contributed by atoms with E-state index in [-0.39, 0.29) is 5.71 Å². The Hall–Kier alpha value is -3.33. The van der Waals surface area contributed by atoms with Crippen LogP contribution >= 0.6 is 11.8 Å². The molecule has 0 aliphatic carbocycles. The van der Waals surface area contributed by atoms with E-state index in [4.69, 9.17) is 11.1 Å². The Morgan fingerprint density at radius 3 is 2.54 bits per heavy atom. The molecule has 0 amide bonds. The molecule has 0 spiro atoms. The zero-order valence-corrected chi connectivity index (χ0v) is 16.5. The van der Waals surface area contributed by atoms with Crippen LogP contribution in [-0.2, 0) is 0 Å². The van der Waals surface area contributed by atoms with Gasteiger partial charge in [0.1, 0.15) is 11.4 Å². The maximum atomic E-state index is 8.17. The summed E-state index contributed by atoms with van der Waals surface area (Å²) in [5.74, 6) is 5.70. The van der Waals surface area contributed by atoms with Crippen LogP contribution in [0, 0.1) is 17.3 Å². The van der Waals surface area contributed by atoms with Gasteiger partial charge in [0.25, 0.3) is 0 Å². The fourth-order valence-electron chi connectivity index (χ4n) is 2.33. The lowest BCUT2D eigenvalue weighted by Gasteiger charge is -2.08. The molecule has 0 unspecified atom stereocenters. The molecule has 1 aromatic heterocycles. The molecule has 140 valence electrons. The normalized spacial score (nSPS) is 9.36. The molecule has 0 saturated heterocycles. The van der Waals surface area contributed by atoms with Crippen molar-refractivity contribution in [3.8, 4) is 11.8 Å². The van der Waals surface area contributed by atoms with E-state index in [1.807, 2.05) is 60.7 Å². The van der Waals surface area contributed by atoms with Crippen molar-refractivity contribution >= 4 is 29.2 Å². The van der Waals surface area contributed by atoms with Crippen molar-refractivity contribution in [1.29, 1.82) is 5.41 Å². The van der Waals surface area contributed by atoms with Gasteiger partial charge in [-0.15, -0.1) is 0 Å². The number of hydrogen-bond acceptors (Lipinski definition) is 5. The van der Waals surface area contributed by atoms with Crippen LogP contribution in [0.5, 0.6) is 0 Å². The highest BCUT2D eigenvalue weighted by atomic mass is 32.2. The number of benzene rings is 2. The molecule has 0 aliphatic rings. The fraction of sp³-hybridized carbons (Fsp3) is 0.0435. The molecular formula is C23H22N4S. The van der Waals surface area contributed by atoms with E-state index < -0.39 is 0 Å². The third-order valence-corrected chi connectivity index (χ3v) is 4.72. The average Bonchev–Trinajstić information content (AvgIpc) is 2.75. The molecule has 0 bridgehead atoms. The number of nitrogens with one attached hydrogen (secondary N) is 1. The summed E-state index contributed by atoms with van der Waals surface area (Å²) in [6.07, 6.45) is 3.51. The number of nitrogens with zero attached hydrogens (tertiary/aromatic N) is 1. The maximum absolute atomic E-state index is 8.17. The van der Waals surface area contributed by atoms with Crippen LogP contribution in [0.15, 0.2) is 83.2 Å². The van der Waals surface area contributed by atoms with Gasteiger partial charge < -0.3 is 11.5 Å². The minimum absolute atomic E-state index is 0.177. The molecule has 0 atom stereocenters. The lowest BCUT2D eigenvalue weighted by atomic mass is 10.1. The average molecular weight is 387 g/mol. The minimum atomic E-state index is 0.177. The molecule has 4 nitrogen and oxygen atoms in total. The van der Waals surface area contributed by atoms with Crippen LogP contribution in [-0.4, -0.2) is 17.7 Å². The second-order valence-corrected chi connectivity index (χ2v) is 6.55. The summed E-state index contributed by atoms with van der Waals surface area (Å²) in [5.41, 5.74) is 13.7. The molecule has 3 aromatic rings. The van der Waals surface area contributed by atoms with E-state index in [1.54, 1.807) is 24.0 Å². The van der Waals surface area contributed by atoms with Gasteiger partial charge in [0.15, 0.2) is 0 Å². The molecule has 3 rings (SSSR count). The molecule has 1 heterocycles. The zero-order chi connectivity index (χ0) is 20.4. The molecule has 0 fully saturated rings. The van der Waals surface area contributed by atoms with Crippen molar-refractivity contribution in [3.05, 3.63) is 90.3 Å². The summed E-state index contributed by atoms with van der Waals surface area (Å²) >= 11 is 1.62. The SMILES string of the molecule is C=Cc1ccccc1Sc1ccc(C(=N)C#Cc2ccccn2)c(N)c1.CN. The predicted molar refractivity (Wildman–Crippen MR) is 120 cm³/mol. The Labute approximate surface area is 170 Å². The third kappa shape index (κ3) is 5.58. The standard InChI is InChI=1S/C22H17N3S.CH5N/c1-2-16-7-3-4-9-22(16)26-18-11-12-19(21(24)15-18)20(23)13-10-17-8-5-6-14-25-17;1-2/h2-9,11-12,14-15,23H,1,24H2;2H2,1H3. The number of pyridine rings is 1. The summed E-state index contributed by atoms with van der Waals surface area (Å²) in [6, 6.07) is 19.2. The highest BCUT2D eigenvalue weighted by Crippen LogP contribution is 2.32. The molecule has 0 saturated carbocycles. The molecule has 5 heteroatoms. The zero-order valence-electron chi connectivity index (χ0n) is 15.6. The van der Waals surface area contributed by atoms with Crippen LogP contribution in [0.4, 0.5) is 5.69 Å². The van der Waals surface area contributed by atoms with Gasteiger partial charge in [-0.1, -0.05) is 48.7 Å². The van der Waals surface area contributed by atoms with Crippen LogP contribution < -0.4 is 11.5 Å². The lowest BCUT2D eigenvalue weighted by Crippen LogP contribution is -2.01. The van der Waals surface area contributed by atoms with Crippen molar-refractivity contribution in [2.75, 3.05) is 12.8 Å². The molecule has 2 aromatic carbocycles. The van der Waals surface area contributed by atoms with E-state index in [2.05, 4.69) is 29.1 Å². The van der Waals surface area contributed by atoms with E-state index in [0.29, 0.717) is 16.9 Å². The summed E-state index contributed by atoms with van der Waals surface area (Å²) in [4.78, 5) is 6.25. The van der Waals surface area contributed by atoms with Crippen molar-refractivity contribution in [2.45, 2.75) is 9.79 Å². The molecule has 28 heavy (non-hydrogen) atoms. The van der Waals surface area contributed by atoms with Gasteiger partial charge in [-0.2, -0.15) is 0 Å². The fourth-order valence-corrected chi connectivity index (χ4v) is 3.32. The van der Waals surface area contributed by atoms with Crippen LogP contribution in [0.2, 0.25) is 0 Å². The summed E-state index contributed by atoms with van der Waals surface area (Å²) in [5, 5.41) is 8.17. The van der Waals surface area contributed by atoms with E-state index in [9.17, 15) is 0 Å². The van der Waals surface area contributed by atoms with Crippen molar-refractivity contribution in [1.82, 2.24) is 4.98 Å². The predicted octanol–water partition coefficient (Wildman–Crippen LogP) is 4.45. The van der Waals surface area contributed by atoms with Gasteiger partial charge in [0.2, 0.25) is 0 Å². The third-order valence-electron chi connectivity index (χ3n) is 3.64.